The van der Waals surface area contributed by atoms with E-state index in [2.05, 4.69) is 0 Å². The second kappa shape index (κ2) is 4.09. The molecule has 0 aliphatic heterocycles. The van der Waals surface area contributed by atoms with Gasteiger partial charge in [0.25, 0.3) is 0 Å². The monoisotopic (exact) mass is 200 g/mol. The highest BCUT2D eigenvalue weighted by Crippen LogP contribution is 2.22. The number of hydrogen-bond donors (Lipinski definition) is 2. The van der Waals surface area contributed by atoms with Crippen molar-refractivity contribution in [1.29, 1.82) is 0 Å². The summed E-state index contributed by atoms with van der Waals surface area (Å²) in [4.78, 5) is 0. The molecule has 1 aromatic rings. The summed E-state index contributed by atoms with van der Waals surface area (Å²) in [7, 11) is 0. The number of halogens is 1. The van der Waals surface area contributed by atoms with E-state index in [1.54, 1.807) is 19.1 Å². The van der Waals surface area contributed by atoms with Gasteiger partial charge in [0, 0.05) is 5.02 Å². The Kier molecular flexibility index (Phi) is 3.31. The number of aryl methyl sites for hydroxylation is 1. The molecule has 0 unspecified atom stereocenters. The zero-order valence-corrected chi connectivity index (χ0v) is 8.42. The molecule has 3 heteroatoms. The summed E-state index contributed by atoms with van der Waals surface area (Å²) in [5.74, 6) is 0. The molecule has 0 saturated carbocycles. The predicted octanol–water partition coefficient (Wildman–Crippen LogP) is 2.06. The van der Waals surface area contributed by atoms with Crippen molar-refractivity contribution >= 4 is 11.6 Å². The van der Waals surface area contributed by atoms with Gasteiger partial charge in [-0.25, -0.2) is 0 Å². The summed E-state index contributed by atoms with van der Waals surface area (Å²) in [6.45, 7) is 3.43. The molecule has 0 radical (unpaired) electrons. The van der Waals surface area contributed by atoms with Crippen molar-refractivity contribution in [3.05, 3.63) is 34.3 Å². The van der Waals surface area contributed by atoms with E-state index in [-0.39, 0.29) is 0 Å². The minimum Gasteiger partial charge on any atom is -0.390 e. The molecule has 2 N–H and O–H groups in total. The normalized spacial score (nSPS) is 15.5. The largest absolute Gasteiger partial charge is 0.390 e. The summed E-state index contributed by atoms with van der Waals surface area (Å²) >= 11 is 5.87. The fraction of sp³-hybridized carbons (Fsp3) is 0.400. The Morgan fingerprint density at radius 2 is 1.92 bits per heavy atom. The number of rotatable bonds is 2. The van der Waals surface area contributed by atoms with E-state index in [4.69, 9.17) is 16.7 Å². The first-order valence-corrected chi connectivity index (χ1v) is 4.52. The first-order chi connectivity index (χ1) is 6.02. The molecular weight excluding hydrogens is 188 g/mol. The average Bonchev–Trinajstić information content (AvgIpc) is 2.08. The number of hydrogen-bond acceptors (Lipinski definition) is 2. The van der Waals surface area contributed by atoms with E-state index in [1.807, 2.05) is 13.0 Å². The van der Waals surface area contributed by atoms with Gasteiger partial charge < -0.3 is 10.2 Å². The third kappa shape index (κ3) is 2.44. The molecule has 0 amide bonds. The van der Waals surface area contributed by atoms with Crippen LogP contribution in [0.25, 0.3) is 0 Å². The quantitative estimate of drug-likeness (QED) is 0.768. The first kappa shape index (κ1) is 10.5. The Labute approximate surface area is 82.8 Å². The van der Waals surface area contributed by atoms with Crippen molar-refractivity contribution < 1.29 is 10.2 Å². The molecule has 0 fully saturated rings. The SMILES string of the molecule is Cc1ccc([C@@H](O)[C@H](C)O)cc1Cl. The first-order valence-electron chi connectivity index (χ1n) is 4.14. The van der Waals surface area contributed by atoms with Gasteiger partial charge in [0.15, 0.2) is 0 Å². The van der Waals surface area contributed by atoms with Crippen molar-refractivity contribution in [2.45, 2.75) is 26.1 Å². The van der Waals surface area contributed by atoms with Gasteiger partial charge in [-0.05, 0) is 31.0 Å². The number of benzene rings is 1. The highest BCUT2D eigenvalue weighted by Gasteiger charge is 2.13. The lowest BCUT2D eigenvalue weighted by atomic mass is 10.0. The Hall–Kier alpha value is -0.570. The summed E-state index contributed by atoms with van der Waals surface area (Å²) in [6.07, 6.45) is -1.64. The van der Waals surface area contributed by atoms with Crippen molar-refractivity contribution in [1.82, 2.24) is 0 Å². The number of aliphatic hydroxyl groups is 2. The third-order valence-electron chi connectivity index (χ3n) is 1.99. The molecule has 72 valence electrons. The van der Waals surface area contributed by atoms with Crippen LogP contribution in [0.15, 0.2) is 18.2 Å². The fourth-order valence-electron chi connectivity index (χ4n) is 1.07. The molecule has 13 heavy (non-hydrogen) atoms. The maximum absolute atomic E-state index is 9.50. The minimum atomic E-state index is -0.863. The molecule has 0 spiro atoms. The predicted molar refractivity (Wildman–Crippen MR) is 52.8 cm³/mol. The van der Waals surface area contributed by atoms with E-state index in [1.165, 1.54) is 0 Å². The summed E-state index contributed by atoms with van der Waals surface area (Å²) < 4.78 is 0. The molecule has 0 aliphatic rings. The van der Waals surface area contributed by atoms with Crippen LogP contribution in [-0.2, 0) is 0 Å². The van der Waals surface area contributed by atoms with Gasteiger partial charge in [-0.3, -0.25) is 0 Å². The van der Waals surface area contributed by atoms with Crippen molar-refractivity contribution in [2.75, 3.05) is 0 Å². The maximum atomic E-state index is 9.50. The van der Waals surface area contributed by atoms with Crippen molar-refractivity contribution in [3.63, 3.8) is 0 Å². The van der Waals surface area contributed by atoms with E-state index >= 15 is 0 Å². The molecule has 0 aliphatic carbocycles. The molecule has 0 bridgehead atoms. The molecule has 1 rings (SSSR count). The molecule has 0 saturated heterocycles. The minimum absolute atomic E-state index is 0.609. The van der Waals surface area contributed by atoms with E-state index in [0.717, 1.165) is 5.56 Å². The van der Waals surface area contributed by atoms with Crippen LogP contribution < -0.4 is 0 Å². The highest BCUT2D eigenvalue weighted by atomic mass is 35.5. The molecule has 1 aromatic carbocycles. The summed E-state index contributed by atoms with van der Waals surface area (Å²) in [5.41, 5.74) is 1.61. The topological polar surface area (TPSA) is 40.5 Å². The molecular formula is C10H13ClO2. The smallest absolute Gasteiger partial charge is 0.105 e. The van der Waals surface area contributed by atoms with Crippen LogP contribution in [0.3, 0.4) is 0 Å². The van der Waals surface area contributed by atoms with Crippen LogP contribution in [0.4, 0.5) is 0 Å². The molecule has 2 atom stereocenters. The maximum Gasteiger partial charge on any atom is 0.105 e. The fourth-order valence-corrected chi connectivity index (χ4v) is 1.26. The zero-order chi connectivity index (χ0) is 10.0. The van der Waals surface area contributed by atoms with E-state index in [9.17, 15) is 5.11 Å². The van der Waals surface area contributed by atoms with Gasteiger partial charge in [0.2, 0.25) is 0 Å². The van der Waals surface area contributed by atoms with Gasteiger partial charge in [-0.2, -0.15) is 0 Å². The highest BCUT2D eigenvalue weighted by molar-refractivity contribution is 6.31. The number of aliphatic hydroxyl groups excluding tert-OH is 2. The van der Waals surface area contributed by atoms with Crippen molar-refractivity contribution in [2.24, 2.45) is 0 Å². The summed E-state index contributed by atoms with van der Waals surface area (Å²) in [6, 6.07) is 5.26. The lowest BCUT2D eigenvalue weighted by molar-refractivity contribution is 0.0305. The Bertz CT molecular complexity index is 297. The van der Waals surface area contributed by atoms with Gasteiger partial charge in [-0.15, -0.1) is 0 Å². The lowest BCUT2D eigenvalue weighted by Gasteiger charge is -2.14. The molecule has 0 aromatic heterocycles. The van der Waals surface area contributed by atoms with Crippen LogP contribution in [-0.4, -0.2) is 16.3 Å². The second-order valence-electron chi connectivity index (χ2n) is 3.19. The van der Waals surface area contributed by atoms with Crippen LogP contribution in [0.5, 0.6) is 0 Å². The van der Waals surface area contributed by atoms with Crippen molar-refractivity contribution in [3.8, 4) is 0 Å². The third-order valence-corrected chi connectivity index (χ3v) is 2.40. The van der Waals surface area contributed by atoms with Gasteiger partial charge in [0.05, 0.1) is 6.10 Å². The lowest BCUT2D eigenvalue weighted by Crippen LogP contribution is -2.13. The van der Waals surface area contributed by atoms with E-state index in [0.29, 0.717) is 10.6 Å². The van der Waals surface area contributed by atoms with Gasteiger partial charge >= 0.3 is 0 Å². The van der Waals surface area contributed by atoms with Crippen LogP contribution in [0.1, 0.15) is 24.2 Å². The zero-order valence-electron chi connectivity index (χ0n) is 7.66. The molecule has 0 heterocycles. The van der Waals surface area contributed by atoms with Crippen LogP contribution in [0.2, 0.25) is 5.02 Å². The van der Waals surface area contributed by atoms with Crippen LogP contribution in [0, 0.1) is 6.92 Å². The van der Waals surface area contributed by atoms with Gasteiger partial charge in [-0.1, -0.05) is 23.7 Å². The summed E-state index contributed by atoms with van der Waals surface area (Å²) in [5, 5.41) is 19.3. The Morgan fingerprint density at radius 1 is 1.31 bits per heavy atom. The molecule has 2 nitrogen and oxygen atoms in total. The standard InChI is InChI=1S/C10H13ClO2/c1-6-3-4-8(5-9(6)11)10(13)7(2)12/h3-5,7,10,12-13H,1-2H3/t7-,10-/m0/s1. The Morgan fingerprint density at radius 3 is 2.38 bits per heavy atom. The second-order valence-corrected chi connectivity index (χ2v) is 3.60. The van der Waals surface area contributed by atoms with Crippen LogP contribution >= 0.6 is 11.6 Å². The Balaban J connectivity index is 2.97. The van der Waals surface area contributed by atoms with E-state index < -0.39 is 12.2 Å². The van der Waals surface area contributed by atoms with Gasteiger partial charge in [0.1, 0.15) is 6.10 Å². The average molecular weight is 201 g/mol.